The smallest absolute Gasteiger partial charge is 0.0899 e. The van der Waals surface area contributed by atoms with Gasteiger partial charge in [-0.15, -0.1) is 0 Å². The van der Waals surface area contributed by atoms with Crippen LogP contribution in [0.2, 0.25) is 0 Å². The van der Waals surface area contributed by atoms with Crippen molar-refractivity contribution >= 4 is 71.6 Å². The fourth-order valence-corrected chi connectivity index (χ4v) is 71.6. The summed E-state index contributed by atoms with van der Waals surface area (Å²) in [4.78, 5) is 0. The van der Waals surface area contributed by atoms with Crippen LogP contribution in [0.1, 0.15) is 638 Å². The molecule has 0 saturated heterocycles. The van der Waals surface area contributed by atoms with Crippen LogP contribution in [0.15, 0.2) is 0 Å². The molecule has 0 nitrogen and oxygen atoms in total. The molecule has 0 heterocycles. The Balaban J connectivity index is 0.000000408. The molecule has 0 N–H and O–H groups in total. The molecule has 0 aromatic rings. The summed E-state index contributed by atoms with van der Waals surface area (Å²) in [6, 6.07) is 0. The molecule has 0 amide bonds. The van der Waals surface area contributed by atoms with Crippen LogP contribution < -0.4 is 0 Å². The Morgan fingerprint density at radius 2 is 0.341 bits per heavy atom. The molecule has 15 fully saturated rings. The standard InChI is InChI=1S/C27H52P2.2C17H31P.2C13H27P.2C11H23P.C10H20FP.C5H10.4Fe/c1-21(29(26(2,3)4)27(5,6)7)24-19-14-20-25(24)28(22-15-10-8-11-16-22)23-17-12-9-13-18-23;2*1-3-9-15(10-4-1)18(17-13-7-8-14-17)16-11-5-2-6-12-16;2*1-12(2,3)14(13(4,5)6)11-9-7-8-10-11;2*1-9(2)12(10(3)4)11-7-5-6-8-11;1-10(2,3)12(11)9-7-5-4-6-8-9;1-2-4-5-3-1;;;;/h21-25H,8-20H2,1-7H3;2*15-17H,1-14H2;2*11H,7-10H2,1-6H3;2*9-11H,5-8H2,1-4H3;9H,4-8H2,1-3H3;1-5H2;;;;. The first-order valence-corrected chi connectivity index (χ1v) is 74.2. The monoisotopic (exact) mass is 2260 g/mol. The normalized spacial score (nSPS) is 24.5. The van der Waals surface area contributed by atoms with Crippen molar-refractivity contribution in [1.29, 1.82) is 0 Å². The van der Waals surface area contributed by atoms with Gasteiger partial charge < -0.3 is 0 Å². The van der Waals surface area contributed by atoms with Crippen molar-refractivity contribution in [2.45, 2.75) is 782 Å². The van der Waals surface area contributed by atoms with Crippen LogP contribution in [0.3, 0.4) is 0 Å². The van der Waals surface area contributed by atoms with Crippen molar-refractivity contribution in [3.63, 3.8) is 0 Å². The van der Waals surface area contributed by atoms with E-state index in [-0.39, 0.29) is 105 Å². The van der Waals surface area contributed by atoms with Gasteiger partial charge in [-0.1, -0.05) is 521 Å². The van der Waals surface area contributed by atoms with Gasteiger partial charge in [-0.2, -0.15) is 0 Å². The maximum Gasteiger partial charge on any atom is 0.0899 e. The van der Waals surface area contributed by atoms with Crippen molar-refractivity contribution < 1.29 is 72.5 Å². The molecule has 15 aliphatic rings. The van der Waals surface area contributed by atoms with E-state index in [0.717, 1.165) is 86.7 Å². The van der Waals surface area contributed by atoms with E-state index in [2.05, 4.69) is 187 Å². The van der Waals surface area contributed by atoms with Crippen LogP contribution in [0, 0.1) is 5.92 Å². The SMILES string of the molecule is C1CCC(P(C2CCCCC2)C2CCCC2)CC1.C1CCC(P(C2CCCCC2)C2CCCC2)CC1.C1CCCC1.CC(C)(C)P(C1CCCC1)C(C)(C)C.CC(C)(C)P(C1CCCC1)C(C)(C)C.CC(C)(C)P(F)C1CCCCC1.CC(C)P(C(C)C)C1CCCC1.CC(C)P(C(C)C)C1CCCC1.CC(C1CCCC1P(C1CCCCC1)C1CCCCC1)P(C(C)(C)C)C(C)(C)C.[Fe].[Fe].[Fe].[Fe]. The van der Waals surface area contributed by atoms with Gasteiger partial charge in [0.25, 0.3) is 0 Å². The first kappa shape index (κ1) is 138. The van der Waals surface area contributed by atoms with E-state index in [1.807, 2.05) is 20.8 Å². The summed E-state index contributed by atoms with van der Waals surface area (Å²) in [7, 11) is 0.770. The summed E-state index contributed by atoms with van der Waals surface area (Å²) < 4.78 is 13.9. The van der Waals surface area contributed by atoms with Crippen LogP contribution in [0.4, 0.5) is 4.20 Å². The molecule has 15 saturated carbocycles. The number of halogens is 1. The molecule has 0 spiro atoms. The van der Waals surface area contributed by atoms with Crippen LogP contribution in [0.25, 0.3) is 0 Å². The summed E-state index contributed by atoms with van der Waals surface area (Å²) >= 11 is 0. The zero-order valence-corrected chi connectivity index (χ0v) is 111. The van der Waals surface area contributed by atoms with Gasteiger partial charge in [0, 0.05) is 79.1 Å². The minimum Gasteiger partial charge on any atom is -0.226 e. The van der Waals surface area contributed by atoms with E-state index in [4.69, 9.17) is 0 Å². The van der Waals surface area contributed by atoms with E-state index < -0.39 is 8.23 Å². The predicted octanol–water partition coefficient (Wildman–Crippen LogP) is 46.8. The molecule has 0 aliphatic heterocycles. The Morgan fingerprint density at radius 3 is 0.522 bits per heavy atom. The van der Waals surface area contributed by atoms with Crippen molar-refractivity contribution in [2.24, 2.45) is 5.92 Å². The molecule has 15 aliphatic carbocycles. The maximum atomic E-state index is 13.9. The molecule has 14 heteroatoms. The average Bonchev–Trinajstić information content (AvgIpc) is 1.55. The zero-order chi connectivity index (χ0) is 98.6. The van der Waals surface area contributed by atoms with Gasteiger partial charge in [0.2, 0.25) is 0 Å². The van der Waals surface area contributed by atoms with Crippen molar-refractivity contribution in [3.8, 4) is 0 Å². The Labute approximate surface area is 923 Å². The molecule has 0 aromatic heterocycles. The minimum atomic E-state index is -1.24. The van der Waals surface area contributed by atoms with E-state index in [1.165, 1.54) is 233 Å². The second kappa shape index (κ2) is 70.6. The third kappa shape index (κ3) is 48.5. The first-order valence-electron chi connectivity index (χ1n) is 60.9. The molecule has 15 rings (SSSR count). The quantitative estimate of drug-likeness (QED) is 0.0842. The van der Waals surface area contributed by atoms with Crippen LogP contribution in [-0.4, -0.2) is 144 Å². The van der Waals surface area contributed by atoms with Crippen LogP contribution >= 0.6 is 71.6 Å². The second-order valence-electron chi connectivity index (χ2n) is 55.6. The van der Waals surface area contributed by atoms with Crippen LogP contribution in [-0.2, 0) is 68.3 Å². The Hall–Kier alpha value is 5.88. The average molecular weight is 2260 g/mol. The topological polar surface area (TPSA) is 0 Å². The van der Waals surface area contributed by atoms with Gasteiger partial charge >= 0.3 is 0 Å². The zero-order valence-electron chi connectivity index (χ0n) is 98.2. The fraction of sp³-hybridized carbons (Fsp3) is 1.00. The predicted molar refractivity (Wildman–Crippen MR) is 638 cm³/mol. The largest absolute Gasteiger partial charge is 0.226 e. The number of hydrogen-bond donors (Lipinski definition) is 0. The van der Waals surface area contributed by atoms with Gasteiger partial charge in [0.05, 0.1) is 8.23 Å². The van der Waals surface area contributed by atoms with E-state index in [1.54, 1.807) is 218 Å². The third-order valence-corrected chi connectivity index (χ3v) is 70.4. The molecular weight excluding hydrogens is 2010 g/mol. The fourth-order valence-electron chi connectivity index (χ4n) is 32.2. The Morgan fingerprint density at radius 1 is 0.174 bits per heavy atom. The van der Waals surface area contributed by atoms with E-state index in [9.17, 15) is 4.20 Å². The van der Waals surface area contributed by atoms with Gasteiger partial charge in [-0.3, -0.25) is 0 Å². The molecule has 0 radical (unpaired) electrons. The summed E-state index contributed by atoms with van der Waals surface area (Å²) in [5.74, 6) is 1.04. The molecule has 4 unspecified atom stereocenters. The third-order valence-electron chi connectivity index (χ3n) is 35.8. The maximum absolute atomic E-state index is 13.9. The van der Waals surface area contributed by atoms with E-state index >= 15 is 0 Å². The van der Waals surface area contributed by atoms with Crippen LogP contribution in [0.5, 0.6) is 0 Å². The Bertz CT molecular complexity index is 2660. The van der Waals surface area contributed by atoms with E-state index in [0.29, 0.717) is 68.3 Å². The van der Waals surface area contributed by atoms with Crippen molar-refractivity contribution in [3.05, 3.63) is 0 Å². The molecule has 4 atom stereocenters. The summed E-state index contributed by atoms with van der Waals surface area (Å²) in [6.07, 6.45) is 102. The number of rotatable bonds is 20. The summed E-state index contributed by atoms with van der Waals surface area (Å²) in [5, 5.41) is 2.98. The first-order chi connectivity index (χ1) is 63.2. The Kier molecular flexibility index (Phi) is 70.6. The molecule has 824 valence electrons. The van der Waals surface area contributed by atoms with Gasteiger partial charge in [0.15, 0.2) is 0 Å². The minimum absolute atomic E-state index is 0. The van der Waals surface area contributed by atoms with Gasteiger partial charge in [0.1, 0.15) is 0 Å². The molecular formula is C124H244FFe4P9. The molecule has 0 aromatic carbocycles. The number of hydrogen-bond acceptors (Lipinski definition) is 0. The van der Waals surface area contributed by atoms with Crippen molar-refractivity contribution in [2.75, 3.05) is 0 Å². The molecule has 0 bridgehead atoms. The van der Waals surface area contributed by atoms with Crippen molar-refractivity contribution in [1.82, 2.24) is 0 Å². The summed E-state index contributed by atoms with van der Waals surface area (Å²) in [5.41, 5.74) is 20.0. The summed E-state index contributed by atoms with van der Waals surface area (Å²) in [6.45, 7) is 72.8. The second-order valence-corrected chi connectivity index (χ2v) is 87.4. The molecule has 138 heavy (non-hydrogen) atoms. The van der Waals surface area contributed by atoms with Gasteiger partial charge in [-0.05, 0) is 318 Å². The van der Waals surface area contributed by atoms with Gasteiger partial charge in [-0.25, -0.2) is 4.20 Å².